The summed E-state index contributed by atoms with van der Waals surface area (Å²) in [5, 5.41) is 12.1. The molecule has 3 aromatic heterocycles. The quantitative estimate of drug-likeness (QED) is 0.618. The second-order valence-electron chi connectivity index (χ2n) is 4.61. The molecule has 0 saturated heterocycles. The van der Waals surface area contributed by atoms with Crippen LogP contribution in [0.4, 0.5) is 0 Å². The summed E-state index contributed by atoms with van der Waals surface area (Å²) in [6.45, 7) is -0.157. The fourth-order valence-corrected chi connectivity index (χ4v) is 5.67. The maximum Gasteiger partial charge on any atom is 0.250 e. The summed E-state index contributed by atoms with van der Waals surface area (Å²) < 4.78 is 33.1. The molecule has 3 heterocycles. The molecule has 3 rings (SSSR count). The van der Waals surface area contributed by atoms with Crippen molar-refractivity contribution in [1.82, 2.24) is 4.72 Å². The highest BCUT2D eigenvalue weighted by Crippen LogP contribution is 2.29. The predicted molar refractivity (Wildman–Crippen MR) is 94.2 cm³/mol. The first kappa shape index (κ1) is 16.9. The van der Waals surface area contributed by atoms with E-state index in [1.807, 2.05) is 17.5 Å². The molecule has 0 radical (unpaired) electrons. The van der Waals surface area contributed by atoms with Crippen molar-refractivity contribution >= 4 is 48.6 Å². The lowest BCUT2D eigenvalue weighted by Crippen LogP contribution is -2.27. The van der Waals surface area contributed by atoms with Gasteiger partial charge in [0.1, 0.15) is 21.8 Å². The SMILES string of the molecule is O=S(=O)(NCC(O)c1ccc(-c2cccs2)o1)c1ccc(Br)s1. The number of hydrogen-bond acceptors (Lipinski definition) is 6. The number of furan rings is 1. The van der Waals surface area contributed by atoms with Gasteiger partial charge in [0.2, 0.25) is 10.0 Å². The second-order valence-corrected chi connectivity index (χ2v) is 10.0. The van der Waals surface area contributed by atoms with Crippen LogP contribution in [0.3, 0.4) is 0 Å². The topological polar surface area (TPSA) is 79.5 Å². The maximum absolute atomic E-state index is 12.1. The standard InChI is InChI=1S/C14H12BrNO4S3/c15-13-5-6-14(22-13)23(18,19)16-8-9(17)10-3-4-11(20-10)12-2-1-7-21-12/h1-7,9,16-17H,8H2. The van der Waals surface area contributed by atoms with Gasteiger partial charge in [0, 0.05) is 6.54 Å². The Morgan fingerprint density at radius 3 is 2.74 bits per heavy atom. The molecule has 0 bridgehead atoms. The van der Waals surface area contributed by atoms with Crippen LogP contribution < -0.4 is 4.72 Å². The monoisotopic (exact) mass is 433 g/mol. The summed E-state index contributed by atoms with van der Waals surface area (Å²) in [5.74, 6) is 0.975. The number of thiophene rings is 2. The van der Waals surface area contributed by atoms with Crippen LogP contribution in [-0.4, -0.2) is 20.1 Å². The van der Waals surface area contributed by atoms with Gasteiger partial charge in [0.25, 0.3) is 0 Å². The lowest BCUT2D eigenvalue weighted by atomic mass is 10.3. The molecule has 0 saturated carbocycles. The van der Waals surface area contributed by atoms with Crippen molar-refractivity contribution in [3.63, 3.8) is 0 Å². The molecule has 0 aliphatic carbocycles. The zero-order valence-electron chi connectivity index (χ0n) is 11.6. The predicted octanol–water partition coefficient (Wildman–Crippen LogP) is 3.84. The van der Waals surface area contributed by atoms with E-state index in [9.17, 15) is 13.5 Å². The van der Waals surface area contributed by atoms with E-state index < -0.39 is 16.1 Å². The molecule has 0 spiro atoms. The van der Waals surface area contributed by atoms with Gasteiger partial charge in [-0.3, -0.25) is 0 Å². The molecule has 1 unspecified atom stereocenters. The number of aliphatic hydroxyl groups is 1. The van der Waals surface area contributed by atoms with Crippen molar-refractivity contribution in [3.8, 4) is 10.6 Å². The Morgan fingerprint density at radius 1 is 1.26 bits per heavy atom. The zero-order valence-corrected chi connectivity index (χ0v) is 15.6. The van der Waals surface area contributed by atoms with Crippen LogP contribution in [-0.2, 0) is 10.0 Å². The van der Waals surface area contributed by atoms with Crippen LogP contribution in [0.25, 0.3) is 10.6 Å². The van der Waals surface area contributed by atoms with Gasteiger partial charge >= 0.3 is 0 Å². The van der Waals surface area contributed by atoms with E-state index in [-0.39, 0.29) is 10.8 Å². The van der Waals surface area contributed by atoms with Crippen LogP contribution in [0.15, 0.2) is 54.2 Å². The molecule has 9 heteroatoms. The van der Waals surface area contributed by atoms with Gasteiger partial charge in [0.15, 0.2) is 0 Å². The Kier molecular flexibility index (Phi) is 5.04. The molecule has 0 amide bonds. The van der Waals surface area contributed by atoms with Crippen molar-refractivity contribution in [3.05, 3.63) is 51.3 Å². The van der Waals surface area contributed by atoms with E-state index in [1.165, 1.54) is 17.4 Å². The number of hydrogen-bond donors (Lipinski definition) is 2. The Bertz CT molecular complexity index is 883. The third-order valence-corrected chi connectivity index (χ3v) is 7.42. The van der Waals surface area contributed by atoms with E-state index in [1.54, 1.807) is 18.2 Å². The smallest absolute Gasteiger partial charge is 0.250 e. The van der Waals surface area contributed by atoms with Crippen LogP contribution in [0.2, 0.25) is 0 Å². The highest BCUT2D eigenvalue weighted by molar-refractivity contribution is 9.11. The third-order valence-electron chi connectivity index (χ3n) is 3.00. The first-order chi connectivity index (χ1) is 11.0. The molecule has 0 aliphatic heterocycles. The number of aliphatic hydroxyl groups excluding tert-OH is 1. The Morgan fingerprint density at radius 2 is 2.09 bits per heavy atom. The summed E-state index contributed by atoms with van der Waals surface area (Å²) >= 11 is 5.86. The summed E-state index contributed by atoms with van der Waals surface area (Å²) in [6.07, 6.45) is -1.05. The first-order valence-electron chi connectivity index (χ1n) is 6.52. The number of nitrogens with one attached hydrogen (secondary N) is 1. The molecule has 2 N–H and O–H groups in total. The summed E-state index contributed by atoms with van der Waals surface area (Å²) in [5.41, 5.74) is 0. The normalized spacial score (nSPS) is 13.3. The zero-order chi connectivity index (χ0) is 16.4. The number of rotatable bonds is 6. The second kappa shape index (κ2) is 6.88. The van der Waals surface area contributed by atoms with E-state index in [2.05, 4.69) is 20.7 Å². The lowest BCUT2D eigenvalue weighted by molar-refractivity contribution is 0.155. The molecular formula is C14H12BrNO4S3. The van der Waals surface area contributed by atoms with Gasteiger partial charge < -0.3 is 9.52 Å². The molecule has 5 nitrogen and oxygen atoms in total. The van der Waals surface area contributed by atoms with Gasteiger partial charge in [-0.1, -0.05) is 6.07 Å². The molecule has 122 valence electrons. The number of sulfonamides is 1. The average molecular weight is 434 g/mol. The van der Waals surface area contributed by atoms with E-state index in [4.69, 9.17) is 4.42 Å². The molecule has 0 aliphatic rings. The Labute approximate surface area is 149 Å². The highest BCUT2D eigenvalue weighted by atomic mass is 79.9. The van der Waals surface area contributed by atoms with Crippen molar-refractivity contribution in [2.75, 3.05) is 6.54 Å². The highest BCUT2D eigenvalue weighted by Gasteiger charge is 2.20. The summed E-state index contributed by atoms with van der Waals surface area (Å²) in [6, 6.07) is 10.4. The van der Waals surface area contributed by atoms with Gasteiger partial charge in [-0.2, -0.15) is 0 Å². The van der Waals surface area contributed by atoms with Crippen molar-refractivity contribution in [2.45, 2.75) is 10.3 Å². The molecule has 1 atom stereocenters. The maximum atomic E-state index is 12.1. The summed E-state index contributed by atoms with van der Waals surface area (Å²) in [4.78, 5) is 0.951. The van der Waals surface area contributed by atoms with Gasteiger partial charge in [-0.15, -0.1) is 22.7 Å². The molecular weight excluding hydrogens is 422 g/mol. The average Bonchev–Trinajstić information content (AvgIpc) is 3.24. The van der Waals surface area contributed by atoms with Crippen molar-refractivity contribution in [1.29, 1.82) is 0 Å². The first-order valence-corrected chi connectivity index (χ1v) is 10.5. The van der Waals surface area contributed by atoms with Gasteiger partial charge in [-0.25, -0.2) is 13.1 Å². The molecule has 0 aromatic carbocycles. The fourth-order valence-electron chi connectivity index (χ4n) is 1.89. The van der Waals surface area contributed by atoms with Crippen LogP contribution in [0, 0.1) is 0 Å². The third kappa shape index (κ3) is 3.93. The minimum atomic E-state index is -3.64. The largest absolute Gasteiger partial charge is 0.457 e. The Balaban J connectivity index is 1.67. The lowest BCUT2D eigenvalue weighted by Gasteiger charge is -2.09. The van der Waals surface area contributed by atoms with Crippen molar-refractivity contribution < 1.29 is 17.9 Å². The number of halogens is 1. The van der Waals surface area contributed by atoms with Crippen molar-refractivity contribution in [2.24, 2.45) is 0 Å². The van der Waals surface area contributed by atoms with E-state index >= 15 is 0 Å². The fraction of sp³-hybridized carbons (Fsp3) is 0.143. The molecule has 0 fully saturated rings. The molecule has 23 heavy (non-hydrogen) atoms. The minimum Gasteiger partial charge on any atom is -0.457 e. The van der Waals surface area contributed by atoms with E-state index in [0.29, 0.717) is 11.5 Å². The summed E-state index contributed by atoms with van der Waals surface area (Å²) in [7, 11) is -3.64. The Hall–Kier alpha value is -0.970. The van der Waals surface area contributed by atoms with Crippen LogP contribution in [0.5, 0.6) is 0 Å². The van der Waals surface area contributed by atoms with Gasteiger partial charge in [0.05, 0.1) is 8.66 Å². The minimum absolute atomic E-state index is 0.157. The van der Waals surface area contributed by atoms with Crippen LogP contribution >= 0.6 is 38.6 Å². The van der Waals surface area contributed by atoms with E-state index in [0.717, 1.165) is 20.0 Å². The van der Waals surface area contributed by atoms with Gasteiger partial charge in [-0.05, 0) is 51.6 Å². The molecule has 3 aromatic rings. The van der Waals surface area contributed by atoms with Crippen LogP contribution in [0.1, 0.15) is 11.9 Å².